The van der Waals surface area contributed by atoms with Gasteiger partial charge in [0.05, 0.1) is 0 Å². The summed E-state index contributed by atoms with van der Waals surface area (Å²) in [6.45, 7) is 4.35. The highest BCUT2D eigenvalue weighted by atomic mass is 35.5. The van der Waals surface area contributed by atoms with Gasteiger partial charge in [0.15, 0.2) is 0 Å². The number of hydrogen-bond acceptors (Lipinski definition) is 1. The van der Waals surface area contributed by atoms with Gasteiger partial charge in [-0.3, -0.25) is 0 Å². The Morgan fingerprint density at radius 2 is 1.88 bits per heavy atom. The molecule has 1 aromatic rings. The van der Waals surface area contributed by atoms with E-state index in [0.29, 0.717) is 5.92 Å². The molecule has 1 saturated heterocycles. The van der Waals surface area contributed by atoms with Gasteiger partial charge >= 0.3 is 0 Å². The van der Waals surface area contributed by atoms with E-state index in [-0.39, 0.29) is 12.4 Å². The van der Waals surface area contributed by atoms with E-state index < -0.39 is 0 Å². The fourth-order valence-corrected chi connectivity index (χ4v) is 1.86. The Kier molecular flexibility index (Phi) is 5.38. The van der Waals surface area contributed by atoms with E-state index in [1.165, 1.54) is 24.0 Å². The molecule has 0 spiro atoms. The van der Waals surface area contributed by atoms with Crippen LogP contribution in [0.2, 0.25) is 0 Å². The van der Waals surface area contributed by atoms with Crippen LogP contribution in [-0.4, -0.2) is 13.1 Å². The summed E-state index contributed by atoms with van der Waals surface area (Å²) in [5, 5.41) is 3.36. The van der Waals surface area contributed by atoms with Gasteiger partial charge in [-0.15, -0.1) is 12.4 Å². The lowest BCUT2D eigenvalue weighted by atomic mass is 9.98. The molecule has 0 atom stereocenters. The Hall–Kier alpha value is -0.970. The SMILES string of the molecule is Cc1ccccc1C#CC1CCNCC1.Cl. The summed E-state index contributed by atoms with van der Waals surface area (Å²) >= 11 is 0. The molecule has 86 valence electrons. The van der Waals surface area contributed by atoms with Crippen molar-refractivity contribution >= 4 is 12.4 Å². The Morgan fingerprint density at radius 3 is 2.56 bits per heavy atom. The maximum absolute atomic E-state index is 3.39. The van der Waals surface area contributed by atoms with Gasteiger partial charge in [0.1, 0.15) is 0 Å². The van der Waals surface area contributed by atoms with Gasteiger partial charge in [0.2, 0.25) is 0 Å². The van der Waals surface area contributed by atoms with Crippen molar-refractivity contribution < 1.29 is 0 Å². The minimum absolute atomic E-state index is 0. The molecule has 1 aliphatic heterocycles. The van der Waals surface area contributed by atoms with Gasteiger partial charge in [-0.05, 0) is 44.5 Å². The first-order valence-electron chi connectivity index (χ1n) is 5.64. The standard InChI is InChI=1S/C14H17N.ClH/c1-12-4-2-3-5-14(12)7-6-13-8-10-15-11-9-13;/h2-5,13,15H,8-11H2,1H3;1H. The molecule has 1 N–H and O–H groups in total. The summed E-state index contributed by atoms with van der Waals surface area (Å²) in [4.78, 5) is 0. The van der Waals surface area contributed by atoms with Crippen molar-refractivity contribution in [3.05, 3.63) is 35.4 Å². The molecule has 0 amide bonds. The molecule has 16 heavy (non-hydrogen) atoms. The highest BCUT2D eigenvalue weighted by molar-refractivity contribution is 5.85. The lowest BCUT2D eigenvalue weighted by molar-refractivity contribution is 0.447. The first-order chi connectivity index (χ1) is 7.36. The van der Waals surface area contributed by atoms with Crippen LogP contribution in [0.1, 0.15) is 24.0 Å². The molecular formula is C14H18ClN. The number of rotatable bonds is 0. The summed E-state index contributed by atoms with van der Waals surface area (Å²) in [7, 11) is 0. The molecule has 0 radical (unpaired) electrons. The van der Waals surface area contributed by atoms with Crippen molar-refractivity contribution in [2.75, 3.05) is 13.1 Å². The quantitative estimate of drug-likeness (QED) is 0.682. The highest BCUT2D eigenvalue weighted by Crippen LogP contribution is 2.11. The fourth-order valence-electron chi connectivity index (χ4n) is 1.86. The molecule has 0 bridgehead atoms. The van der Waals surface area contributed by atoms with E-state index in [4.69, 9.17) is 0 Å². The predicted molar refractivity (Wildman–Crippen MR) is 70.9 cm³/mol. The number of hydrogen-bond donors (Lipinski definition) is 1. The van der Waals surface area contributed by atoms with Crippen LogP contribution in [0.15, 0.2) is 24.3 Å². The van der Waals surface area contributed by atoms with E-state index in [1.54, 1.807) is 0 Å². The average molecular weight is 236 g/mol. The number of piperidine rings is 1. The highest BCUT2D eigenvalue weighted by Gasteiger charge is 2.09. The third-order valence-corrected chi connectivity index (χ3v) is 2.90. The van der Waals surface area contributed by atoms with Crippen molar-refractivity contribution in [1.82, 2.24) is 5.32 Å². The second-order valence-electron chi connectivity index (χ2n) is 4.11. The van der Waals surface area contributed by atoms with Crippen LogP contribution >= 0.6 is 12.4 Å². The number of halogens is 1. The molecule has 1 nitrogen and oxygen atoms in total. The van der Waals surface area contributed by atoms with Gasteiger partial charge < -0.3 is 5.32 Å². The van der Waals surface area contributed by atoms with E-state index in [2.05, 4.69) is 48.3 Å². The zero-order valence-electron chi connectivity index (χ0n) is 9.62. The minimum Gasteiger partial charge on any atom is -0.317 e. The Balaban J connectivity index is 0.00000128. The minimum atomic E-state index is 0. The van der Waals surface area contributed by atoms with Crippen LogP contribution < -0.4 is 5.32 Å². The smallest absolute Gasteiger partial charge is 0.0274 e. The molecule has 1 aliphatic rings. The third kappa shape index (κ3) is 3.56. The predicted octanol–water partition coefficient (Wildman–Crippen LogP) is 2.77. The van der Waals surface area contributed by atoms with Crippen molar-refractivity contribution in [2.45, 2.75) is 19.8 Å². The molecule has 2 rings (SSSR count). The van der Waals surface area contributed by atoms with Crippen LogP contribution in [0.3, 0.4) is 0 Å². The second-order valence-corrected chi connectivity index (χ2v) is 4.11. The molecule has 2 heteroatoms. The first-order valence-corrected chi connectivity index (χ1v) is 5.64. The van der Waals surface area contributed by atoms with Gasteiger partial charge in [-0.25, -0.2) is 0 Å². The van der Waals surface area contributed by atoms with Crippen LogP contribution in [0.25, 0.3) is 0 Å². The molecule has 0 aliphatic carbocycles. The fraction of sp³-hybridized carbons (Fsp3) is 0.429. The molecule has 1 heterocycles. The summed E-state index contributed by atoms with van der Waals surface area (Å²) in [6.07, 6.45) is 2.39. The lowest BCUT2D eigenvalue weighted by Gasteiger charge is -2.17. The van der Waals surface area contributed by atoms with Gasteiger partial charge in [-0.1, -0.05) is 30.0 Å². The Morgan fingerprint density at radius 1 is 1.19 bits per heavy atom. The van der Waals surface area contributed by atoms with Crippen molar-refractivity contribution in [3.8, 4) is 11.8 Å². The van der Waals surface area contributed by atoms with Crippen molar-refractivity contribution in [3.63, 3.8) is 0 Å². The Labute approximate surface area is 104 Å². The van der Waals surface area contributed by atoms with Crippen LogP contribution in [0, 0.1) is 24.7 Å². The average Bonchev–Trinajstić information content (AvgIpc) is 2.29. The molecule has 0 unspecified atom stereocenters. The molecule has 0 aromatic heterocycles. The van der Waals surface area contributed by atoms with Crippen LogP contribution in [0.4, 0.5) is 0 Å². The van der Waals surface area contributed by atoms with Gasteiger partial charge in [0, 0.05) is 11.5 Å². The van der Waals surface area contributed by atoms with E-state index in [9.17, 15) is 0 Å². The lowest BCUT2D eigenvalue weighted by Crippen LogP contribution is -2.26. The summed E-state index contributed by atoms with van der Waals surface area (Å²) in [5.74, 6) is 7.28. The normalized spacial score (nSPS) is 15.8. The van der Waals surface area contributed by atoms with Crippen LogP contribution in [0.5, 0.6) is 0 Å². The Bertz CT molecular complexity index is 383. The molecular weight excluding hydrogens is 218 g/mol. The zero-order valence-corrected chi connectivity index (χ0v) is 10.4. The van der Waals surface area contributed by atoms with E-state index in [0.717, 1.165) is 13.1 Å². The summed E-state index contributed by atoms with van der Waals surface area (Å²) < 4.78 is 0. The second kappa shape index (κ2) is 6.58. The van der Waals surface area contributed by atoms with Gasteiger partial charge in [-0.2, -0.15) is 0 Å². The first kappa shape index (κ1) is 13.1. The molecule has 1 fully saturated rings. The van der Waals surface area contributed by atoms with Crippen molar-refractivity contribution in [2.24, 2.45) is 5.92 Å². The van der Waals surface area contributed by atoms with E-state index in [1.807, 2.05) is 0 Å². The molecule has 0 saturated carbocycles. The van der Waals surface area contributed by atoms with Crippen molar-refractivity contribution in [1.29, 1.82) is 0 Å². The van der Waals surface area contributed by atoms with Crippen LogP contribution in [-0.2, 0) is 0 Å². The topological polar surface area (TPSA) is 12.0 Å². The van der Waals surface area contributed by atoms with E-state index >= 15 is 0 Å². The number of aryl methyl sites for hydroxylation is 1. The maximum atomic E-state index is 3.39. The van der Waals surface area contributed by atoms with Gasteiger partial charge in [0.25, 0.3) is 0 Å². The number of benzene rings is 1. The third-order valence-electron chi connectivity index (χ3n) is 2.90. The number of nitrogens with one attached hydrogen (secondary N) is 1. The molecule has 1 aromatic carbocycles. The zero-order chi connectivity index (χ0) is 10.5. The largest absolute Gasteiger partial charge is 0.317 e. The monoisotopic (exact) mass is 235 g/mol. The summed E-state index contributed by atoms with van der Waals surface area (Å²) in [6, 6.07) is 8.33. The summed E-state index contributed by atoms with van der Waals surface area (Å²) in [5.41, 5.74) is 2.45. The maximum Gasteiger partial charge on any atom is 0.0274 e.